The van der Waals surface area contributed by atoms with Gasteiger partial charge < -0.3 is 10.1 Å². The molecule has 1 fully saturated rings. The monoisotopic (exact) mass is 286 g/mol. The smallest absolute Gasteiger partial charge is 0.256 e. The zero-order valence-electron chi connectivity index (χ0n) is 12.1. The lowest BCUT2D eigenvalue weighted by molar-refractivity contribution is 0.417. The highest BCUT2D eigenvalue weighted by Crippen LogP contribution is 2.26. The molecule has 0 amide bonds. The van der Waals surface area contributed by atoms with Crippen molar-refractivity contribution >= 4 is 0 Å². The second-order valence-electron chi connectivity index (χ2n) is 5.35. The summed E-state index contributed by atoms with van der Waals surface area (Å²) in [4.78, 5) is 4.01. The number of nitrogens with zero attached hydrogens (tertiary/aromatic N) is 1. The first kappa shape index (κ1) is 14.0. The van der Waals surface area contributed by atoms with Gasteiger partial charge in [0.1, 0.15) is 5.75 Å². The number of ether oxygens (including phenoxy) is 1. The minimum Gasteiger partial charge on any atom is -0.436 e. The van der Waals surface area contributed by atoms with E-state index in [2.05, 4.69) is 17.2 Å². The van der Waals surface area contributed by atoms with Crippen molar-refractivity contribution in [2.45, 2.75) is 38.8 Å². The highest BCUT2D eigenvalue weighted by Gasteiger charge is 2.21. The molecule has 0 unspecified atom stereocenters. The summed E-state index contributed by atoms with van der Waals surface area (Å²) in [5.41, 5.74) is 1.75. The van der Waals surface area contributed by atoms with Crippen LogP contribution in [-0.4, -0.2) is 11.0 Å². The van der Waals surface area contributed by atoms with Crippen LogP contribution in [0.4, 0.5) is 4.39 Å². The Morgan fingerprint density at radius 2 is 2.19 bits per heavy atom. The van der Waals surface area contributed by atoms with Gasteiger partial charge in [0.05, 0.1) is 0 Å². The lowest BCUT2D eigenvalue weighted by Gasteiger charge is -2.10. The van der Waals surface area contributed by atoms with Gasteiger partial charge in [-0.1, -0.05) is 19.1 Å². The Morgan fingerprint density at radius 3 is 2.95 bits per heavy atom. The van der Waals surface area contributed by atoms with Crippen LogP contribution in [0.3, 0.4) is 0 Å². The molecule has 0 atom stereocenters. The number of hydrogen-bond donors (Lipinski definition) is 1. The van der Waals surface area contributed by atoms with Crippen molar-refractivity contribution in [1.82, 2.24) is 10.3 Å². The summed E-state index contributed by atoms with van der Waals surface area (Å²) in [5.74, 6) is 0.277. The molecule has 0 aliphatic heterocycles. The van der Waals surface area contributed by atoms with Crippen LogP contribution in [0.5, 0.6) is 11.6 Å². The van der Waals surface area contributed by atoms with E-state index in [0.29, 0.717) is 23.9 Å². The van der Waals surface area contributed by atoms with Gasteiger partial charge in [-0.2, -0.15) is 0 Å². The van der Waals surface area contributed by atoms with Gasteiger partial charge in [0.25, 0.3) is 5.88 Å². The van der Waals surface area contributed by atoms with E-state index in [1.165, 1.54) is 12.8 Å². The largest absolute Gasteiger partial charge is 0.436 e. The van der Waals surface area contributed by atoms with Crippen molar-refractivity contribution in [3.63, 3.8) is 0 Å². The van der Waals surface area contributed by atoms with E-state index in [-0.39, 0.29) is 11.7 Å². The summed E-state index contributed by atoms with van der Waals surface area (Å²) in [5, 5.41) is 3.30. The topological polar surface area (TPSA) is 34.1 Å². The average molecular weight is 286 g/mol. The third-order valence-corrected chi connectivity index (χ3v) is 3.62. The molecule has 3 rings (SSSR count). The van der Waals surface area contributed by atoms with Crippen molar-refractivity contribution in [3.05, 3.63) is 53.5 Å². The molecule has 1 aliphatic rings. The first-order chi connectivity index (χ1) is 10.3. The van der Waals surface area contributed by atoms with Crippen LogP contribution < -0.4 is 10.1 Å². The quantitative estimate of drug-likeness (QED) is 0.876. The summed E-state index contributed by atoms with van der Waals surface area (Å²) < 4.78 is 20.0. The average Bonchev–Trinajstić information content (AvgIpc) is 3.33. The number of aromatic nitrogens is 1. The molecule has 4 heteroatoms. The van der Waals surface area contributed by atoms with Crippen LogP contribution in [0.15, 0.2) is 36.5 Å². The number of hydrogen-bond acceptors (Lipinski definition) is 3. The van der Waals surface area contributed by atoms with E-state index in [1.54, 1.807) is 12.3 Å². The van der Waals surface area contributed by atoms with Gasteiger partial charge in [0, 0.05) is 24.3 Å². The Balaban J connectivity index is 1.75. The summed E-state index contributed by atoms with van der Waals surface area (Å²) >= 11 is 0. The fraction of sp³-hybridized carbons (Fsp3) is 0.353. The highest BCUT2D eigenvalue weighted by atomic mass is 19.1. The van der Waals surface area contributed by atoms with Crippen molar-refractivity contribution < 1.29 is 9.13 Å². The van der Waals surface area contributed by atoms with E-state index in [1.807, 2.05) is 24.3 Å². The van der Waals surface area contributed by atoms with Crippen LogP contribution in [-0.2, 0) is 13.0 Å². The fourth-order valence-electron chi connectivity index (χ4n) is 2.15. The van der Waals surface area contributed by atoms with Crippen molar-refractivity contribution in [2.75, 3.05) is 0 Å². The summed E-state index contributed by atoms with van der Waals surface area (Å²) in [7, 11) is 0. The predicted molar refractivity (Wildman–Crippen MR) is 80.0 cm³/mol. The summed E-state index contributed by atoms with van der Waals surface area (Å²) in [6.45, 7) is 2.59. The van der Waals surface area contributed by atoms with Crippen molar-refractivity contribution in [2.24, 2.45) is 0 Å². The SMILES string of the molecule is CCc1cccc(Oc2nccc(CNC3CC3)c2F)c1. The maximum absolute atomic E-state index is 14.4. The minimum atomic E-state index is -0.382. The van der Waals surface area contributed by atoms with Gasteiger partial charge >= 0.3 is 0 Å². The Bertz CT molecular complexity index is 626. The molecule has 1 N–H and O–H groups in total. The minimum absolute atomic E-state index is 0.0401. The normalized spacial score (nSPS) is 14.2. The van der Waals surface area contributed by atoms with Crippen molar-refractivity contribution in [1.29, 1.82) is 0 Å². The molecule has 21 heavy (non-hydrogen) atoms. The van der Waals surface area contributed by atoms with Crippen LogP contribution in [0.1, 0.15) is 30.9 Å². The summed E-state index contributed by atoms with van der Waals surface area (Å²) in [6, 6.07) is 9.89. The van der Waals surface area contributed by atoms with Gasteiger partial charge in [0.2, 0.25) is 0 Å². The molecule has 110 valence electrons. The number of pyridine rings is 1. The Morgan fingerprint density at radius 1 is 1.33 bits per heavy atom. The van der Waals surface area contributed by atoms with Crippen molar-refractivity contribution in [3.8, 4) is 11.6 Å². The molecule has 1 aromatic carbocycles. The van der Waals surface area contributed by atoms with Gasteiger partial charge in [-0.15, -0.1) is 0 Å². The predicted octanol–water partition coefficient (Wildman–Crippen LogP) is 3.83. The molecule has 0 saturated heterocycles. The zero-order chi connectivity index (χ0) is 14.7. The Hall–Kier alpha value is -1.94. The van der Waals surface area contributed by atoms with Gasteiger partial charge in [-0.3, -0.25) is 0 Å². The lowest BCUT2D eigenvalue weighted by atomic mass is 10.2. The molecule has 1 saturated carbocycles. The first-order valence-electron chi connectivity index (χ1n) is 7.40. The molecule has 1 aromatic heterocycles. The zero-order valence-corrected chi connectivity index (χ0v) is 12.1. The second kappa shape index (κ2) is 6.22. The van der Waals surface area contributed by atoms with Gasteiger partial charge in [-0.05, 0) is 43.0 Å². The fourth-order valence-corrected chi connectivity index (χ4v) is 2.15. The van der Waals surface area contributed by atoms with E-state index in [9.17, 15) is 4.39 Å². The van der Waals surface area contributed by atoms with Crippen LogP contribution in [0.2, 0.25) is 0 Å². The second-order valence-corrected chi connectivity index (χ2v) is 5.35. The third kappa shape index (κ3) is 3.58. The molecule has 0 bridgehead atoms. The first-order valence-corrected chi connectivity index (χ1v) is 7.40. The molecule has 1 heterocycles. The molecule has 2 aromatic rings. The van der Waals surface area contributed by atoms with Crippen LogP contribution in [0, 0.1) is 5.82 Å². The van der Waals surface area contributed by atoms with E-state index < -0.39 is 0 Å². The molecular formula is C17H19FN2O. The van der Waals surface area contributed by atoms with Crippen LogP contribution in [0.25, 0.3) is 0 Å². The van der Waals surface area contributed by atoms with E-state index in [4.69, 9.17) is 4.74 Å². The van der Waals surface area contributed by atoms with E-state index >= 15 is 0 Å². The Kier molecular flexibility index (Phi) is 4.15. The van der Waals surface area contributed by atoms with Gasteiger partial charge in [0.15, 0.2) is 5.82 Å². The third-order valence-electron chi connectivity index (χ3n) is 3.62. The maximum atomic E-state index is 14.4. The maximum Gasteiger partial charge on any atom is 0.256 e. The highest BCUT2D eigenvalue weighted by molar-refractivity contribution is 5.33. The number of aryl methyl sites for hydroxylation is 1. The molecular weight excluding hydrogens is 267 g/mol. The number of rotatable bonds is 6. The summed E-state index contributed by atoms with van der Waals surface area (Å²) in [6.07, 6.45) is 4.87. The molecule has 0 radical (unpaired) electrons. The lowest BCUT2D eigenvalue weighted by Crippen LogP contribution is -2.16. The Labute approximate surface area is 124 Å². The molecule has 3 nitrogen and oxygen atoms in total. The number of benzene rings is 1. The molecule has 0 spiro atoms. The van der Waals surface area contributed by atoms with E-state index in [0.717, 1.165) is 12.0 Å². The van der Waals surface area contributed by atoms with Crippen LogP contribution >= 0.6 is 0 Å². The standard InChI is InChI=1S/C17H19FN2O/c1-2-12-4-3-5-15(10-12)21-17-16(18)13(8-9-19-17)11-20-14-6-7-14/h3-5,8-10,14,20H,2,6-7,11H2,1H3. The van der Waals surface area contributed by atoms with Gasteiger partial charge in [-0.25, -0.2) is 9.37 Å². The molecule has 1 aliphatic carbocycles. The number of halogens is 1. The number of nitrogens with one attached hydrogen (secondary N) is 1.